The fourth-order valence-corrected chi connectivity index (χ4v) is 2.31. The van der Waals surface area contributed by atoms with Crippen molar-refractivity contribution in [2.45, 2.75) is 0 Å². The first-order valence-electron chi connectivity index (χ1n) is 7.05. The number of hydrogen-bond acceptors (Lipinski definition) is 6. The molecule has 7 heteroatoms. The van der Waals surface area contributed by atoms with E-state index in [1.807, 2.05) is 18.2 Å². The van der Waals surface area contributed by atoms with Gasteiger partial charge in [-0.25, -0.2) is 0 Å². The Morgan fingerprint density at radius 3 is 2.62 bits per heavy atom. The standard InChI is InChI=1S/C17H13N3O4/c1-24-12-7-8-14(15(10-12)20(22)23)18-19-17-13-5-3-2-4-11(13)6-9-16(17)21/h2-10,21H,1H3. The third kappa shape index (κ3) is 2.87. The van der Waals surface area contributed by atoms with Crippen molar-refractivity contribution >= 4 is 27.8 Å². The first kappa shape index (κ1) is 15.4. The third-order valence-electron chi connectivity index (χ3n) is 3.52. The van der Waals surface area contributed by atoms with E-state index in [0.717, 1.165) is 5.39 Å². The van der Waals surface area contributed by atoms with Crippen molar-refractivity contribution in [3.63, 3.8) is 0 Å². The van der Waals surface area contributed by atoms with E-state index in [0.29, 0.717) is 11.1 Å². The highest BCUT2D eigenvalue weighted by Crippen LogP contribution is 2.38. The van der Waals surface area contributed by atoms with Gasteiger partial charge in [-0.2, -0.15) is 0 Å². The Hall–Kier alpha value is -3.48. The molecule has 0 atom stereocenters. The second-order valence-corrected chi connectivity index (χ2v) is 4.97. The van der Waals surface area contributed by atoms with Gasteiger partial charge in [0.2, 0.25) is 0 Å². The van der Waals surface area contributed by atoms with Crippen molar-refractivity contribution in [3.05, 3.63) is 64.7 Å². The van der Waals surface area contributed by atoms with Gasteiger partial charge in [-0.3, -0.25) is 10.1 Å². The van der Waals surface area contributed by atoms with Crippen molar-refractivity contribution in [2.75, 3.05) is 7.11 Å². The van der Waals surface area contributed by atoms with Crippen molar-refractivity contribution in [1.82, 2.24) is 0 Å². The van der Waals surface area contributed by atoms with Crippen LogP contribution in [0.2, 0.25) is 0 Å². The van der Waals surface area contributed by atoms with Crippen LogP contribution < -0.4 is 4.74 Å². The predicted octanol–water partition coefficient (Wildman–Crippen LogP) is 4.88. The monoisotopic (exact) mass is 323 g/mol. The molecule has 0 aliphatic carbocycles. The minimum Gasteiger partial charge on any atom is -0.506 e. The molecule has 0 aliphatic heterocycles. The van der Waals surface area contributed by atoms with Crippen LogP contribution in [0.25, 0.3) is 10.8 Å². The van der Waals surface area contributed by atoms with Crippen molar-refractivity contribution in [3.8, 4) is 11.5 Å². The molecule has 7 nitrogen and oxygen atoms in total. The van der Waals surface area contributed by atoms with E-state index in [1.54, 1.807) is 18.2 Å². The van der Waals surface area contributed by atoms with Gasteiger partial charge in [0.15, 0.2) is 5.69 Å². The average molecular weight is 323 g/mol. The Bertz CT molecular complexity index is 954. The summed E-state index contributed by atoms with van der Waals surface area (Å²) in [4.78, 5) is 10.6. The van der Waals surface area contributed by atoms with Crippen LogP contribution in [-0.2, 0) is 0 Å². The van der Waals surface area contributed by atoms with Gasteiger partial charge in [0.1, 0.15) is 17.2 Å². The van der Waals surface area contributed by atoms with E-state index >= 15 is 0 Å². The quantitative estimate of drug-likeness (QED) is 0.420. The highest BCUT2D eigenvalue weighted by Gasteiger charge is 2.15. The number of rotatable bonds is 4. The molecule has 0 aliphatic rings. The minimum absolute atomic E-state index is 0.0476. The van der Waals surface area contributed by atoms with Gasteiger partial charge < -0.3 is 9.84 Å². The van der Waals surface area contributed by atoms with E-state index in [4.69, 9.17) is 4.74 Å². The highest BCUT2D eigenvalue weighted by atomic mass is 16.6. The van der Waals surface area contributed by atoms with Crippen LogP contribution in [0.3, 0.4) is 0 Å². The molecule has 3 aromatic rings. The predicted molar refractivity (Wildman–Crippen MR) is 89.4 cm³/mol. The van der Waals surface area contributed by atoms with Crippen LogP contribution in [-0.4, -0.2) is 17.1 Å². The lowest BCUT2D eigenvalue weighted by Gasteiger charge is -2.04. The number of phenols is 1. The number of nitrogens with zero attached hydrogens (tertiary/aromatic N) is 3. The summed E-state index contributed by atoms with van der Waals surface area (Å²) in [6.07, 6.45) is 0. The van der Waals surface area contributed by atoms with Crippen molar-refractivity contribution < 1.29 is 14.8 Å². The van der Waals surface area contributed by atoms with E-state index in [9.17, 15) is 15.2 Å². The molecule has 1 N–H and O–H groups in total. The van der Waals surface area contributed by atoms with Crippen molar-refractivity contribution in [2.24, 2.45) is 10.2 Å². The number of fused-ring (bicyclic) bond motifs is 1. The van der Waals surface area contributed by atoms with E-state index in [-0.39, 0.29) is 22.8 Å². The largest absolute Gasteiger partial charge is 0.506 e. The van der Waals surface area contributed by atoms with Crippen LogP contribution >= 0.6 is 0 Å². The Kier molecular flexibility index (Phi) is 4.07. The molecule has 3 aromatic carbocycles. The summed E-state index contributed by atoms with van der Waals surface area (Å²) in [5.41, 5.74) is 0.115. The van der Waals surface area contributed by atoms with Gasteiger partial charge in [-0.05, 0) is 23.6 Å². The first-order chi connectivity index (χ1) is 11.6. The van der Waals surface area contributed by atoms with Crippen LogP contribution in [0.5, 0.6) is 11.5 Å². The lowest BCUT2D eigenvalue weighted by Crippen LogP contribution is -1.90. The molecule has 0 saturated heterocycles. The second-order valence-electron chi connectivity index (χ2n) is 4.97. The maximum Gasteiger partial charge on any atom is 0.300 e. The molecule has 3 rings (SSSR count). The Morgan fingerprint density at radius 1 is 1.08 bits per heavy atom. The van der Waals surface area contributed by atoms with Crippen molar-refractivity contribution in [1.29, 1.82) is 0 Å². The van der Waals surface area contributed by atoms with Gasteiger partial charge >= 0.3 is 0 Å². The fourth-order valence-electron chi connectivity index (χ4n) is 2.31. The number of nitro groups is 1. The molecule has 24 heavy (non-hydrogen) atoms. The summed E-state index contributed by atoms with van der Waals surface area (Å²) in [5.74, 6) is 0.308. The Balaban J connectivity index is 2.09. The maximum atomic E-state index is 11.2. The molecule has 0 aromatic heterocycles. The van der Waals surface area contributed by atoms with Gasteiger partial charge in [0.25, 0.3) is 5.69 Å². The van der Waals surface area contributed by atoms with Gasteiger partial charge in [-0.1, -0.05) is 30.3 Å². The molecule has 0 spiro atoms. The number of aromatic hydroxyl groups is 1. The number of hydrogen-bond donors (Lipinski definition) is 1. The number of ether oxygens (including phenoxy) is 1. The van der Waals surface area contributed by atoms with Crippen LogP contribution in [0.15, 0.2) is 64.8 Å². The second kappa shape index (κ2) is 6.33. The molecule has 0 amide bonds. The summed E-state index contributed by atoms with van der Waals surface area (Å²) in [7, 11) is 1.42. The lowest BCUT2D eigenvalue weighted by atomic mass is 10.1. The zero-order valence-electron chi connectivity index (χ0n) is 12.7. The highest BCUT2D eigenvalue weighted by molar-refractivity contribution is 5.95. The van der Waals surface area contributed by atoms with Gasteiger partial charge in [0.05, 0.1) is 18.1 Å². The molecular formula is C17H13N3O4. The van der Waals surface area contributed by atoms with E-state index < -0.39 is 4.92 Å². The lowest BCUT2D eigenvalue weighted by molar-refractivity contribution is -0.384. The molecule has 0 unspecified atom stereocenters. The summed E-state index contributed by atoms with van der Waals surface area (Å²) < 4.78 is 4.98. The number of phenolic OH excluding ortho intramolecular Hbond substituents is 1. The Labute approximate surface area is 137 Å². The summed E-state index contributed by atoms with van der Waals surface area (Å²) >= 11 is 0. The minimum atomic E-state index is -0.556. The molecule has 0 radical (unpaired) electrons. The summed E-state index contributed by atoms with van der Waals surface area (Å²) in [6, 6.07) is 14.9. The van der Waals surface area contributed by atoms with Crippen LogP contribution in [0.4, 0.5) is 17.1 Å². The maximum absolute atomic E-state index is 11.2. The zero-order valence-corrected chi connectivity index (χ0v) is 12.7. The topological polar surface area (TPSA) is 97.3 Å². The summed E-state index contributed by atoms with van der Waals surface area (Å²) in [6.45, 7) is 0. The molecule has 0 heterocycles. The van der Waals surface area contributed by atoms with Crippen LogP contribution in [0.1, 0.15) is 0 Å². The molecule has 120 valence electrons. The normalized spacial score (nSPS) is 11.0. The van der Waals surface area contributed by atoms with E-state index in [1.165, 1.54) is 25.3 Å². The SMILES string of the molecule is COc1ccc(N=Nc2c(O)ccc3ccccc23)c([N+](=O)[O-])c1. The smallest absolute Gasteiger partial charge is 0.300 e. The number of nitro benzene ring substituents is 1. The third-order valence-corrected chi connectivity index (χ3v) is 3.52. The zero-order chi connectivity index (χ0) is 17.1. The molecule has 0 saturated carbocycles. The van der Waals surface area contributed by atoms with Gasteiger partial charge in [0, 0.05) is 5.39 Å². The number of benzene rings is 3. The Morgan fingerprint density at radius 2 is 1.88 bits per heavy atom. The van der Waals surface area contributed by atoms with Gasteiger partial charge in [-0.15, -0.1) is 10.2 Å². The number of methoxy groups -OCH3 is 1. The summed E-state index contributed by atoms with van der Waals surface area (Å²) in [5, 5.41) is 30.8. The fraction of sp³-hybridized carbons (Fsp3) is 0.0588. The molecular weight excluding hydrogens is 310 g/mol. The average Bonchev–Trinajstić information content (AvgIpc) is 2.60. The number of azo groups is 1. The first-order valence-corrected chi connectivity index (χ1v) is 7.05. The van der Waals surface area contributed by atoms with Crippen LogP contribution in [0, 0.1) is 10.1 Å². The van der Waals surface area contributed by atoms with E-state index in [2.05, 4.69) is 10.2 Å². The molecule has 0 fully saturated rings. The molecule has 0 bridgehead atoms.